The first-order valence-electron chi connectivity index (χ1n) is 23.9. The number of amides is 7. The molecule has 74 heavy (non-hydrogen) atoms. The number of benzene rings is 3. The highest BCUT2D eigenvalue weighted by Gasteiger charge is 2.47. The number of aromatic nitrogens is 2. The highest BCUT2D eigenvalue weighted by atomic mass is 19.1. The van der Waals surface area contributed by atoms with E-state index in [1.165, 1.54) is 34.9 Å². The number of fused-ring (bicyclic) bond motifs is 5. The Morgan fingerprint density at radius 1 is 0.865 bits per heavy atom. The number of halogens is 1. The lowest BCUT2D eigenvalue weighted by atomic mass is 9.69. The standard InChI is InChI=1S/C53H51FN8O12/c1-4-53(72)35-19-39-47-33(24-61(39)50(70)34(35)25-74-51(53)71)46-45-32(28(2)36(54)20-37(45)60-47)15-16-52(46,3)26-73-27-58-41(64)22-57-49(69)38(17-29-9-6-5-7-10-29)59-42(65)23-55-40(63)21-56-48(68)30-11-8-12-31(18-30)62-43(66)13-14-44(62)67/h5-14,18-20,38,72H,4,15-17,21-27H2,1-3H3,(H,55,63)(H,56,68)(H,57,69)(H,58,64)(H,59,65)/t38-,52?,53-/m0/s1. The molecule has 1 unspecified atom stereocenters. The number of carbonyl (C=O) groups is 8. The molecule has 4 aliphatic rings. The number of aliphatic hydroxyl groups is 1. The van der Waals surface area contributed by atoms with Crippen LogP contribution in [0.5, 0.6) is 0 Å². The first kappa shape index (κ1) is 50.5. The third-order valence-electron chi connectivity index (χ3n) is 14.0. The Labute approximate surface area is 421 Å². The monoisotopic (exact) mass is 1010 g/mol. The number of cyclic esters (lactones) is 1. The molecule has 3 aromatic carbocycles. The quantitative estimate of drug-likeness (QED) is 0.0329. The van der Waals surface area contributed by atoms with E-state index in [1.54, 1.807) is 50.2 Å². The zero-order valence-electron chi connectivity index (χ0n) is 40.5. The SMILES string of the molecule is CC[C@@]1(O)C(=O)OCc2c1cc1n(c2=O)Cc2c-1nc1cc(F)c(C)c3c1c2C(C)(COCNC(=O)CNC(=O)[C@H](Cc1ccccc1)NC(=O)CNC(=O)CNC(=O)c1cccc(N2C(=O)C=CC2=O)c1)CC3. The summed E-state index contributed by atoms with van der Waals surface area (Å²) in [7, 11) is 0. The van der Waals surface area contributed by atoms with Crippen LogP contribution in [0.1, 0.15) is 76.0 Å². The predicted molar refractivity (Wildman–Crippen MR) is 262 cm³/mol. The molecule has 0 spiro atoms. The fourth-order valence-corrected chi connectivity index (χ4v) is 10.0. The van der Waals surface area contributed by atoms with Crippen LogP contribution in [-0.4, -0.2) is 101 Å². The molecule has 20 nitrogen and oxygen atoms in total. The minimum atomic E-state index is -2.03. The number of rotatable bonds is 17. The number of esters is 1. The second-order valence-electron chi connectivity index (χ2n) is 18.8. The summed E-state index contributed by atoms with van der Waals surface area (Å²) in [6.07, 6.45) is 3.22. The number of imide groups is 1. The van der Waals surface area contributed by atoms with Crippen molar-refractivity contribution in [1.29, 1.82) is 0 Å². The lowest BCUT2D eigenvalue weighted by molar-refractivity contribution is -0.172. The second-order valence-corrected chi connectivity index (χ2v) is 18.8. The summed E-state index contributed by atoms with van der Waals surface area (Å²) in [5.74, 6) is -5.85. The number of hydrogen-bond acceptors (Lipinski definition) is 13. The third kappa shape index (κ3) is 9.53. The van der Waals surface area contributed by atoms with E-state index in [4.69, 9.17) is 14.5 Å². The van der Waals surface area contributed by atoms with Gasteiger partial charge < -0.3 is 45.7 Å². The maximum atomic E-state index is 15.5. The summed E-state index contributed by atoms with van der Waals surface area (Å²) >= 11 is 0. The fourth-order valence-electron chi connectivity index (χ4n) is 10.0. The van der Waals surface area contributed by atoms with E-state index in [2.05, 4.69) is 26.6 Å². The molecule has 3 aliphatic heterocycles. The number of anilines is 1. The van der Waals surface area contributed by atoms with Crippen LogP contribution < -0.4 is 37.0 Å². The van der Waals surface area contributed by atoms with Crippen molar-refractivity contribution in [3.05, 3.63) is 140 Å². The molecule has 6 N–H and O–H groups in total. The molecule has 0 saturated heterocycles. The summed E-state index contributed by atoms with van der Waals surface area (Å²) in [6, 6.07) is 16.3. The molecule has 0 fully saturated rings. The van der Waals surface area contributed by atoms with E-state index in [0.29, 0.717) is 46.4 Å². The van der Waals surface area contributed by atoms with Crippen LogP contribution in [-0.2, 0) is 80.0 Å². The topological polar surface area (TPSA) is 274 Å². The molecule has 0 saturated carbocycles. The van der Waals surface area contributed by atoms with E-state index in [9.17, 15) is 48.3 Å². The Morgan fingerprint density at radius 3 is 2.32 bits per heavy atom. The molecule has 7 amide bonds. The first-order chi connectivity index (χ1) is 35.4. The number of hydrogen-bond donors (Lipinski definition) is 6. The summed E-state index contributed by atoms with van der Waals surface area (Å²) in [5, 5.41) is 24.7. The zero-order valence-corrected chi connectivity index (χ0v) is 40.5. The summed E-state index contributed by atoms with van der Waals surface area (Å²) in [5.41, 5.74) is 2.02. The molecule has 1 aliphatic carbocycles. The lowest BCUT2D eigenvalue weighted by Crippen LogP contribution is -2.52. The van der Waals surface area contributed by atoms with Gasteiger partial charge in [0.05, 0.1) is 60.9 Å². The molecule has 3 atom stereocenters. The van der Waals surface area contributed by atoms with E-state index >= 15 is 4.39 Å². The van der Waals surface area contributed by atoms with Crippen LogP contribution in [0.3, 0.4) is 0 Å². The number of nitrogens with one attached hydrogen (secondary N) is 5. The van der Waals surface area contributed by atoms with Gasteiger partial charge in [-0.3, -0.25) is 38.4 Å². The maximum Gasteiger partial charge on any atom is 0.343 e. The van der Waals surface area contributed by atoms with Crippen LogP contribution >= 0.6 is 0 Å². The van der Waals surface area contributed by atoms with Crippen LogP contribution in [0.4, 0.5) is 10.1 Å². The predicted octanol–water partition coefficient (Wildman–Crippen LogP) is 1.64. The van der Waals surface area contributed by atoms with Gasteiger partial charge in [-0.05, 0) is 72.7 Å². The average Bonchev–Trinajstić information content (AvgIpc) is 3.97. The molecule has 2 aromatic heterocycles. The molecule has 5 heterocycles. The van der Waals surface area contributed by atoms with Crippen molar-refractivity contribution in [2.45, 2.75) is 76.7 Å². The summed E-state index contributed by atoms with van der Waals surface area (Å²) in [4.78, 5) is 122. The average molecular weight is 1010 g/mol. The Kier molecular flexibility index (Phi) is 13.8. The highest BCUT2D eigenvalue weighted by Crippen LogP contribution is 2.49. The van der Waals surface area contributed by atoms with Gasteiger partial charge in [0.25, 0.3) is 23.3 Å². The van der Waals surface area contributed by atoms with Crippen LogP contribution in [0, 0.1) is 12.7 Å². The van der Waals surface area contributed by atoms with Crippen molar-refractivity contribution in [2.24, 2.45) is 0 Å². The van der Waals surface area contributed by atoms with Crippen molar-refractivity contribution in [1.82, 2.24) is 36.1 Å². The summed E-state index contributed by atoms with van der Waals surface area (Å²) in [6.45, 7) is 3.37. The molecule has 0 bridgehead atoms. The fraction of sp³-hybridized carbons (Fsp3) is 0.321. The van der Waals surface area contributed by atoms with Crippen molar-refractivity contribution in [2.75, 3.05) is 37.9 Å². The smallest absolute Gasteiger partial charge is 0.343 e. The van der Waals surface area contributed by atoms with Gasteiger partial charge in [0.15, 0.2) is 5.60 Å². The molecule has 9 rings (SSSR count). The first-order valence-corrected chi connectivity index (χ1v) is 23.9. The van der Waals surface area contributed by atoms with Crippen LogP contribution in [0.15, 0.2) is 83.7 Å². The van der Waals surface area contributed by atoms with Gasteiger partial charge in [0, 0.05) is 52.1 Å². The minimum Gasteiger partial charge on any atom is -0.458 e. The largest absolute Gasteiger partial charge is 0.458 e. The number of pyridine rings is 2. The van der Waals surface area contributed by atoms with Gasteiger partial charge in [-0.25, -0.2) is 19.1 Å². The van der Waals surface area contributed by atoms with Crippen molar-refractivity contribution < 1.29 is 57.3 Å². The van der Waals surface area contributed by atoms with Crippen molar-refractivity contribution in [3.63, 3.8) is 0 Å². The molecular weight excluding hydrogens is 960 g/mol. The van der Waals surface area contributed by atoms with E-state index < -0.39 is 95.4 Å². The van der Waals surface area contributed by atoms with Crippen LogP contribution in [0.25, 0.3) is 22.3 Å². The van der Waals surface area contributed by atoms with Crippen molar-refractivity contribution in [3.8, 4) is 11.4 Å². The summed E-state index contributed by atoms with van der Waals surface area (Å²) < 4.78 is 28.4. The molecular formula is C53H51FN8O12. The van der Waals surface area contributed by atoms with Gasteiger partial charge in [-0.1, -0.05) is 50.2 Å². The maximum absolute atomic E-state index is 15.5. The van der Waals surface area contributed by atoms with Gasteiger partial charge in [-0.15, -0.1) is 0 Å². The van der Waals surface area contributed by atoms with Gasteiger partial charge in [0.1, 0.15) is 25.2 Å². The van der Waals surface area contributed by atoms with Gasteiger partial charge in [-0.2, -0.15) is 0 Å². The Bertz CT molecular complexity index is 3300. The Balaban J connectivity index is 0.808. The minimum absolute atomic E-state index is 0.0327. The molecule has 21 heteroatoms. The zero-order chi connectivity index (χ0) is 52.6. The second kappa shape index (κ2) is 20.2. The Hall–Kier alpha value is -8.43. The third-order valence-corrected chi connectivity index (χ3v) is 14.0. The highest BCUT2D eigenvalue weighted by molar-refractivity contribution is 6.28. The number of aryl methyl sites for hydroxylation is 1. The van der Waals surface area contributed by atoms with E-state index in [-0.39, 0.29) is 61.7 Å². The molecule has 0 radical (unpaired) electrons. The van der Waals surface area contributed by atoms with E-state index in [0.717, 1.165) is 33.6 Å². The molecule has 382 valence electrons. The number of ether oxygens (including phenoxy) is 2. The van der Waals surface area contributed by atoms with Crippen LogP contribution in [0.2, 0.25) is 0 Å². The van der Waals surface area contributed by atoms with Gasteiger partial charge in [0.2, 0.25) is 23.6 Å². The van der Waals surface area contributed by atoms with E-state index in [1.807, 2.05) is 6.92 Å². The molecule has 5 aromatic rings. The Morgan fingerprint density at radius 2 is 1.58 bits per heavy atom. The van der Waals surface area contributed by atoms with Gasteiger partial charge >= 0.3 is 5.97 Å². The van der Waals surface area contributed by atoms with Crippen molar-refractivity contribution >= 4 is 63.9 Å². The number of nitrogens with zero attached hydrogens (tertiary/aromatic N) is 3. The lowest BCUT2D eigenvalue weighted by Gasteiger charge is -2.37. The number of carbonyl (C=O) groups excluding carboxylic acids is 8. The normalized spacial score (nSPS) is 18.5.